The van der Waals surface area contributed by atoms with Crippen molar-refractivity contribution in [2.24, 2.45) is 0 Å². The predicted octanol–water partition coefficient (Wildman–Crippen LogP) is 8.44. The smallest absolute Gasteiger partial charge is 0.410 e. The number of carbonyl (C=O) groups is 5. The average molecular weight is 1250 g/mol. The van der Waals surface area contributed by atoms with Gasteiger partial charge in [0.25, 0.3) is 5.91 Å². The van der Waals surface area contributed by atoms with E-state index in [1.54, 1.807) is 48.5 Å². The third-order valence-electron chi connectivity index (χ3n) is 11.8. The number of ether oxygens (including phenoxy) is 5. The molecule has 4 saturated heterocycles. The monoisotopic (exact) mass is 1250 g/mol. The number of hydrogen-bond donors (Lipinski definition) is 2. The molecule has 0 saturated carbocycles. The molecule has 5 heterocycles. The van der Waals surface area contributed by atoms with E-state index in [0.29, 0.717) is 97.8 Å². The van der Waals surface area contributed by atoms with Gasteiger partial charge in [0.1, 0.15) is 16.8 Å². The molecular weight excluding hydrogens is 1180 g/mol. The molecule has 26 heteroatoms. The van der Waals surface area contributed by atoms with Crippen LogP contribution in [0, 0.1) is 13.8 Å². The summed E-state index contributed by atoms with van der Waals surface area (Å²) in [6, 6.07) is 2.54. The van der Waals surface area contributed by atoms with E-state index in [9.17, 15) is 37.5 Å². The van der Waals surface area contributed by atoms with Gasteiger partial charge in [-0.1, -0.05) is 23.2 Å². The Morgan fingerprint density at radius 2 is 1.27 bits per heavy atom. The molecule has 0 bridgehead atoms. The first-order valence-corrected chi connectivity index (χ1v) is 27.5. The summed E-state index contributed by atoms with van der Waals surface area (Å²) >= 11 is 19.2. The normalized spacial score (nSPS) is 20.9. The Hall–Kier alpha value is -3.23. The second-order valence-corrected chi connectivity index (χ2v) is 25.0. The summed E-state index contributed by atoms with van der Waals surface area (Å²) in [4.78, 5) is 67.8. The molecule has 4 fully saturated rings. The maximum atomic E-state index is 13.2. The number of piperazine rings is 3. The molecule has 7 rings (SSSR count). The van der Waals surface area contributed by atoms with Crippen LogP contribution in [-0.4, -0.2) is 181 Å². The summed E-state index contributed by atoms with van der Waals surface area (Å²) in [7, 11) is -3.58. The van der Waals surface area contributed by atoms with Gasteiger partial charge in [-0.2, -0.15) is 12.7 Å². The Bertz CT molecular complexity index is 2510. The number of hydrogen-bond acceptors (Lipinski definition) is 14. The molecule has 2 aromatic rings. The van der Waals surface area contributed by atoms with Crippen LogP contribution in [0.1, 0.15) is 105 Å². The van der Waals surface area contributed by atoms with Crippen LogP contribution in [0.3, 0.4) is 0 Å². The van der Waals surface area contributed by atoms with Gasteiger partial charge in [0.15, 0.2) is 0 Å². The van der Waals surface area contributed by atoms with Crippen molar-refractivity contribution in [1.82, 2.24) is 29.2 Å². The molecule has 5 aliphatic rings. The second-order valence-electron chi connectivity index (χ2n) is 21.1. The van der Waals surface area contributed by atoms with Crippen molar-refractivity contribution in [2.75, 3.05) is 78.7 Å². The van der Waals surface area contributed by atoms with Gasteiger partial charge in [-0.05, 0) is 142 Å². The molecule has 416 valence electrons. The summed E-state index contributed by atoms with van der Waals surface area (Å²) in [5, 5.41) is 13.6. The highest BCUT2D eigenvalue weighted by Gasteiger charge is 2.44. The number of nitrogens with one attached hydrogen (secondary N) is 1. The fraction of sp³-hybridized carbons (Fsp3) is 0.646. The largest absolute Gasteiger partial charge is 0.478 e. The van der Waals surface area contributed by atoms with Gasteiger partial charge in [-0.3, -0.25) is 8.98 Å². The minimum absolute atomic E-state index is 0. The molecule has 0 unspecified atom stereocenters. The fourth-order valence-corrected chi connectivity index (χ4v) is 10.7. The van der Waals surface area contributed by atoms with Crippen LogP contribution >= 0.6 is 67.5 Å². The summed E-state index contributed by atoms with van der Waals surface area (Å²) in [5.41, 5.74) is 2.12. The van der Waals surface area contributed by atoms with Gasteiger partial charge < -0.3 is 53.7 Å². The number of aromatic carboxylic acids is 1. The molecule has 2 N–H and O–H groups in total. The second kappa shape index (κ2) is 25.9. The lowest BCUT2D eigenvalue weighted by Gasteiger charge is -2.42. The molecule has 4 amide bonds. The van der Waals surface area contributed by atoms with E-state index in [-0.39, 0.29) is 73.9 Å². The maximum absolute atomic E-state index is 13.2. The van der Waals surface area contributed by atoms with Crippen molar-refractivity contribution in [3.63, 3.8) is 0 Å². The number of carboxylic acid groups (broad SMARTS) is 1. The van der Waals surface area contributed by atoms with E-state index in [1.165, 1.54) is 15.3 Å². The Labute approximate surface area is 467 Å². The summed E-state index contributed by atoms with van der Waals surface area (Å²) in [6.45, 7) is 25.2. The number of carbonyl (C=O) groups excluding carboxylic acids is 4. The van der Waals surface area contributed by atoms with E-state index < -0.39 is 39.2 Å². The van der Waals surface area contributed by atoms with Crippen LogP contribution < -0.4 is 5.32 Å². The van der Waals surface area contributed by atoms with Crippen LogP contribution in [0.25, 0.3) is 0 Å². The Morgan fingerprint density at radius 1 is 0.757 bits per heavy atom. The highest BCUT2D eigenvalue weighted by Crippen LogP contribution is 2.35. The lowest BCUT2D eigenvalue weighted by Crippen LogP contribution is -2.59. The quantitative estimate of drug-likeness (QED) is 0.268. The van der Waals surface area contributed by atoms with E-state index in [2.05, 4.69) is 37.2 Å². The molecule has 74 heavy (non-hydrogen) atoms. The Morgan fingerprint density at radius 3 is 1.82 bits per heavy atom. The van der Waals surface area contributed by atoms with Crippen molar-refractivity contribution in [2.45, 2.75) is 124 Å². The Balaban J connectivity index is 0.000000244. The summed E-state index contributed by atoms with van der Waals surface area (Å²) < 4.78 is 58.2. The third-order valence-corrected chi connectivity index (χ3v) is 16.4. The van der Waals surface area contributed by atoms with Gasteiger partial charge >= 0.3 is 34.6 Å². The number of benzene rings is 2. The first-order chi connectivity index (χ1) is 33.8. The SMILES string of the molecule is CC(C)(C)OC(=O)N1CCN2[C@@H](COS2(=O)=O)C1.Cc1c(Br)c(Cl)cc(C(=O)O)c1COC[C@H]1CN(C(=O)OC(C)(C)C)CCN1.Cc1c(Br)c(Cl)cc2c1COC[C@H]1CN(C(=O)OC(C)(C)C)CCN1C2=O.Cl. The lowest BCUT2D eigenvalue weighted by molar-refractivity contribution is -0.0159. The number of carboxylic acids is 1. The number of fused-ring (bicyclic) bond motifs is 3. The van der Waals surface area contributed by atoms with Crippen LogP contribution in [0.4, 0.5) is 14.4 Å². The van der Waals surface area contributed by atoms with Gasteiger partial charge in [-0.15, -0.1) is 12.4 Å². The topological polar surface area (TPSA) is 223 Å². The van der Waals surface area contributed by atoms with Gasteiger partial charge in [0.05, 0.1) is 60.7 Å². The number of rotatable bonds is 5. The fourth-order valence-electron chi connectivity index (χ4n) is 8.27. The van der Waals surface area contributed by atoms with E-state index in [0.717, 1.165) is 21.2 Å². The Kier molecular flexibility index (Phi) is 22.2. The van der Waals surface area contributed by atoms with Crippen LogP contribution in [0.5, 0.6) is 0 Å². The maximum Gasteiger partial charge on any atom is 0.410 e. The lowest BCUT2D eigenvalue weighted by atomic mass is 9.99. The van der Waals surface area contributed by atoms with E-state index >= 15 is 0 Å². The number of halogens is 5. The highest BCUT2D eigenvalue weighted by atomic mass is 79.9. The molecule has 0 aromatic heterocycles. The van der Waals surface area contributed by atoms with Crippen molar-refractivity contribution < 1.29 is 65.4 Å². The van der Waals surface area contributed by atoms with Crippen LogP contribution in [-0.2, 0) is 51.4 Å². The molecule has 0 radical (unpaired) electrons. The third kappa shape index (κ3) is 17.1. The van der Waals surface area contributed by atoms with E-state index in [1.807, 2.05) is 48.5 Å². The molecule has 0 spiro atoms. The number of amides is 4. The molecule has 5 aliphatic heterocycles. The first kappa shape index (κ1) is 63.3. The van der Waals surface area contributed by atoms with Crippen molar-refractivity contribution in [3.05, 3.63) is 64.5 Å². The molecule has 0 aliphatic carbocycles. The summed E-state index contributed by atoms with van der Waals surface area (Å²) in [5.74, 6) is -1.12. The number of nitrogens with zero attached hydrogens (tertiary/aromatic N) is 5. The van der Waals surface area contributed by atoms with Gasteiger partial charge in [0.2, 0.25) is 0 Å². The standard InChI is InChI=1S/C19H26BrClN2O5.C19H24BrClN2O4.C10H18N2O5S.ClH/c1-11-14(13(17(24)25)7-15(21)16(11)20)10-27-9-12-8-23(6-5-22-12)18(26)28-19(2,3)4;1-11-14-10-26-9-12-8-22(18(25)27-19(2,3)4)5-6-23(12)17(24)13(14)7-15(21)16(11)20;1-10(2,3)17-9(13)11-4-5-12-8(6-11)7-16-18(12,14)15;/h7,12,22H,5-6,8-10H2,1-4H3,(H,24,25);7,12H,5-6,8-10H2,1-4H3;8H,4-7H2,1-3H3;1H/t2*12-;8-;/m111./s1. The first-order valence-electron chi connectivity index (χ1n) is 23.7. The van der Waals surface area contributed by atoms with Crippen LogP contribution in [0.2, 0.25) is 10.0 Å². The minimum Gasteiger partial charge on any atom is -0.478 e. The predicted molar refractivity (Wildman–Crippen MR) is 287 cm³/mol. The minimum atomic E-state index is -3.58. The van der Waals surface area contributed by atoms with Crippen LogP contribution in [0.15, 0.2) is 21.1 Å². The van der Waals surface area contributed by atoms with Gasteiger partial charge in [-0.25, -0.2) is 19.2 Å². The zero-order chi connectivity index (χ0) is 54.5. The molecule has 3 atom stereocenters. The zero-order valence-electron chi connectivity index (χ0n) is 43.6. The molecule has 20 nitrogen and oxygen atoms in total. The van der Waals surface area contributed by atoms with E-state index in [4.69, 9.17) is 51.1 Å². The zero-order valence-corrected chi connectivity index (χ0v) is 49.9. The van der Waals surface area contributed by atoms with Gasteiger partial charge in [0, 0.05) is 79.5 Å². The molecular formula is C48H69Br2Cl3N6O14S. The van der Waals surface area contributed by atoms with Crippen molar-refractivity contribution >= 4 is 108 Å². The van der Waals surface area contributed by atoms with Crippen molar-refractivity contribution in [3.8, 4) is 0 Å². The highest BCUT2D eigenvalue weighted by molar-refractivity contribution is 9.11. The average Bonchev–Trinajstić information content (AvgIpc) is 3.59. The molecule has 2 aromatic carbocycles. The van der Waals surface area contributed by atoms with Crippen molar-refractivity contribution in [1.29, 1.82) is 0 Å². The summed E-state index contributed by atoms with van der Waals surface area (Å²) in [6.07, 6.45) is -1.11.